The summed E-state index contributed by atoms with van der Waals surface area (Å²) < 4.78 is 14.1. The van der Waals surface area contributed by atoms with E-state index in [4.69, 9.17) is 15.9 Å². The number of rotatable bonds is 2. The third-order valence-electron chi connectivity index (χ3n) is 5.39. The summed E-state index contributed by atoms with van der Waals surface area (Å²) >= 11 is 0. The Morgan fingerprint density at radius 3 is 2.44 bits per heavy atom. The van der Waals surface area contributed by atoms with E-state index >= 15 is 0 Å². The molecular formula is C20H21BN4O2. The maximum absolute atomic E-state index is 7.28. The standard InChI is InChI=1S/C20H21BN4O2/c1-13-9-16(22-6)11-18(24-13)25-17-10-15(8-7-14(17)12-23-25)21-26-19(2,3)20(4,5)27-21/h7-12H,1-5H3. The highest BCUT2D eigenvalue weighted by Crippen LogP contribution is 2.36. The first-order valence-corrected chi connectivity index (χ1v) is 8.90. The fraction of sp³-hybridized carbons (Fsp3) is 0.350. The van der Waals surface area contributed by atoms with Crippen molar-refractivity contribution in [2.75, 3.05) is 0 Å². The summed E-state index contributed by atoms with van der Waals surface area (Å²) in [5, 5.41) is 5.47. The summed E-state index contributed by atoms with van der Waals surface area (Å²) in [5.41, 5.74) is 2.37. The van der Waals surface area contributed by atoms with Crippen molar-refractivity contribution < 1.29 is 9.31 Å². The molecule has 7 heteroatoms. The van der Waals surface area contributed by atoms with Crippen molar-refractivity contribution in [1.29, 1.82) is 0 Å². The van der Waals surface area contributed by atoms with Crippen LogP contribution >= 0.6 is 0 Å². The van der Waals surface area contributed by atoms with E-state index in [1.54, 1.807) is 23.0 Å². The van der Waals surface area contributed by atoms with Crippen LogP contribution in [0.2, 0.25) is 0 Å². The van der Waals surface area contributed by atoms with Crippen LogP contribution in [0.25, 0.3) is 21.6 Å². The van der Waals surface area contributed by atoms with Gasteiger partial charge in [0.15, 0.2) is 5.69 Å². The summed E-state index contributed by atoms with van der Waals surface area (Å²) in [5.74, 6) is 0.627. The van der Waals surface area contributed by atoms with Crippen molar-refractivity contribution in [1.82, 2.24) is 14.8 Å². The minimum atomic E-state index is -0.438. The molecule has 4 rings (SSSR count). The molecule has 0 aliphatic carbocycles. The van der Waals surface area contributed by atoms with Crippen LogP contribution in [0.4, 0.5) is 5.69 Å². The molecule has 6 nitrogen and oxygen atoms in total. The predicted molar refractivity (Wildman–Crippen MR) is 106 cm³/mol. The zero-order valence-corrected chi connectivity index (χ0v) is 16.1. The minimum absolute atomic E-state index is 0.393. The average Bonchev–Trinajstić information content (AvgIpc) is 3.11. The van der Waals surface area contributed by atoms with E-state index in [1.165, 1.54) is 0 Å². The van der Waals surface area contributed by atoms with Gasteiger partial charge in [0.1, 0.15) is 5.82 Å². The second-order valence-electron chi connectivity index (χ2n) is 7.90. The normalized spacial score (nSPS) is 18.0. The lowest BCUT2D eigenvalue weighted by Crippen LogP contribution is -2.41. The molecule has 0 bridgehead atoms. The quantitative estimate of drug-likeness (QED) is 0.518. The van der Waals surface area contributed by atoms with Crippen LogP contribution in [0.3, 0.4) is 0 Å². The molecule has 0 atom stereocenters. The third-order valence-corrected chi connectivity index (χ3v) is 5.39. The van der Waals surface area contributed by atoms with Gasteiger partial charge in [0.2, 0.25) is 0 Å². The van der Waals surface area contributed by atoms with Gasteiger partial charge in [0, 0.05) is 11.1 Å². The highest BCUT2D eigenvalue weighted by Gasteiger charge is 2.51. The van der Waals surface area contributed by atoms with Crippen molar-refractivity contribution >= 4 is 29.2 Å². The highest BCUT2D eigenvalue weighted by atomic mass is 16.7. The predicted octanol–water partition coefficient (Wildman–Crippen LogP) is 3.58. The largest absolute Gasteiger partial charge is 0.494 e. The fourth-order valence-electron chi connectivity index (χ4n) is 3.15. The van der Waals surface area contributed by atoms with E-state index in [0.29, 0.717) is 11.5 Å². The Morgan fingerprint density at radius 1 is 1.07 bits per heavy atom. The number of nitrogens with zero attached hydrogens (tertiary/aromatic N) is 4. The number of aromatic nitrogens is 3. The Hall–Kier alpha value is -2.69. The molecule has 0 spiro atoms. The first-order chi connectivity index (χ1) is 12.7. The number of benzene rings is 1. The first-order valence-electron chi connectivity index (χ1n) is 8.90. The van der Waals surface area contributed by atoms with E-state index in [-0.39, 0.29) is 0 Å². The lowest BCUT2D eigenvalue weighted by Gasteiger charge is -2.32. The third kappa shape index (κ3) is 2.91. The van der Waals surface area contributed by atoms with E-state index in [0.717, 1.165) is 22.1 Å². The topological polar surface area (TPSA) is 53.5 Å². The van der Waals surface area contributed by atoms with E-state index < -0.39 is 18.3 Å². The fourth-order valence-corrected chi connectivity index (χ4v) is 3.15. The van der Waals surface area contributed by atoms with Gasteiger partial charge < -0.3 is 9.31 Å². The average molecular weight is 360 g/mol. The SMILES string of the molecule is [C-]#[N+]c1cc(C)nc(-n2ncc3ccc(B4OC(C)(C)C(C)(C)O4)cc32)c1. The number of aryl methyl sites for hydroxylation is 1. The van der Waals surface area contributed by atoms with Crippen molar-refractivity contribution in [3.05, 3.63) is 53.6 Å². The number of hydrogen-bond donors (Lipinski definition) is 0. The molecule has 1 saturated heterocycles. The molecule has 136 valence electrons. The maximum atomic E-state index is 7.28. The van der Waals surface area contributed by atoms with Crippen molar-refractivity contribution in [2.45, 2.75) is 45.8 Å². The van der Waals surface area contributed by atoms with Crippen LogP contribution < -0.4 is 5.46 Å². The van der Waals surface area contributed by atoms with E-state index in [9.17, 15) is 0 Å². The van der Waals surface area contributed by atoms with Gasteiger partial charge in [-0.25, -0.2) is 14.5 Å². The summed E-state index contributed by atoms with van der Waals surface area (Å²) in [7, 11) is -0.438. The molecule has 0 unspecified atom stereocenters. The molecule has 0 saturated carbocycles. The van der Waals surface area contributed by atoms with Gasteiger partial charge in [0.25, 0.3) is 0 Å². The van der Waals surface area contributed by atoms with Gasteiger partial charge in [-0.05, 0) is 58.3 Å². The molecule has 3 aromatic rings. The highest BCUT2D eigenvalue weighted by molar-refractivity contribution is 6.62. The number of pyridine rings is 1. The lowest BCUT2D eigenvalue weighted by atomic mass is 9.79. The Kier molecular flexibility index (Phi) is 3.88. The summed E-state index contributed by atoms with van der Waals surface area (Å²) in [6, 6.07) is 9.54. The van der Waals surface area contributed by atoms with Crippen LogP contribution in [0.5, 0.6) is 0 Å². The molecule has 0 radical (unpaired) electrons. The van der Waals surface area contributed by atoms with Crippen molar-refractivity contribution in [3.63, 3.8) is 0 Å². The molecule has 1 fully saturated rings. The second kappa shape index (κ2) is 5.91. The number of fused-ring (bicyclic) bond motifs is 1. The van der Waals surface area contributed by atoms with Gasteiger partial charge >= 0.3 is 7.12 Å². The van der Waals surface area contributed by atoms with Crippen molar-refractivity contribution in [3.8, 4) is 5.82 Å². The molecular weight excluding hydrogens is 339 g/mol. The van der Waals surface area contributed by atoms with Gasteiger partial charge in [-0.2, -0.15) is 5.10 Å². The van der Waals surface area contributed by atoms with Gasteiger partial charge in [-0.1, -0.05) is 12.1 Å². The zero-order chi connectivity index (χ0) is 19.4. The molecule has 3 heterocycles. The lowest BCUT2D eigenvalue weighted by molar-refractivity contribution is 0.00578. The van der Waals surface area contributed by atoms with Gasteiger partial charge in [-0.15, -0.1) is 0 Å². The molecule has 0 amide bonds. The molecule has 1 aliphatic heterocycles. The summed E-state index contributed by atoms with van der Waals surface area (Å²) in [4.78, 5) is 8.07. The van der Waals surface area contributed by atoms with Crippen LogP contribution in [0, 0.1) is 13.5 Å². The Labute approximate surface area is 159 Å². The van der Waals surface area contributed by atoms with E-state index in [1.807, 2.05) is 52.8 Å². The maximum Gasteiger partial charge on any atom is 0.494 e. The van der Waals surface area contributed by atoms with Gasteiger partial charge in [-0.3, -0.25) is 0 Å². The Balaban J connectivity index is 1.79. The summed E-state index contributed by atoms with van der Waals surface area (Å²) in [6.07, 6.45) is 1.80. The molecule has 2 aromatic heterocycles. The van der Waals surface area contributed by atoms with Crippen LogP contribution in [-0.4, -0.2) is 33.1 Å². The van der Waals surface area contributed by atoms with Crippen molar-refractivity contribution in [2.24, 2.45) is 0 Å². The van der Waals surface area contributed by atoms with Gasteiger partial charge in [0.05, 0.1) is 29.5 Å². The van der Waals surface area contributed by atoms with E-state index in [2.05, 4.69) is 14.9 Å². The summed E-state index contributed by atoms with van der Waals surface area (Å²) in [6.45, 7) is 17.3. The molecule has 27 heavy (non-hydrogen) atoms. The number of hydrogen-bond acceptors (Lipinski definition) is 4. The zero-order valence-electron chi connectivity index (χ0n) is 16.1. The molecule has 1 aliphatic rings. The smallest absolute Gasteiger partial charge is 0.399 e. The molecule has 0 N–H and O–H groups in total. The Morgan fingerprint density at radius 2 is 1.78 bits per heavy atom. The monoisotopic (exact) mass is 360 g/mol. The van der Waals surface area contributed by atoms with Crippen LogP contribution in [0.1, 0.15) is 33.4 Å². The Bertz CT molecular complexity index is 1070. The molecule has 1 aromatic carbocycles. The minimum Gasteiger partial charge on any atom is -0.399 e. The van der Waals surface area contributed by atoms with Crippen LogP contribution in [-0.2, 0) is 9.31 Å². The second-order valence-corrected chi connectivity index (χ2v) is 7.90. The first kappa shape index (κ1) is 17.7. The van der Waals surface area contributed by atoms with Crippen LogP contribution in [0.15, 0.2) is 36.5 Å².